The molecule has 0 bridgehead atoms. The van der Waals surface area contributed by atoms with Crippen molar-refractivity contribution >= 4 is 11.3 Å². The van der Waals surface area contributed by atoms with E-state index in [1.165, 1.54) is 24.3 Å². The van der Waals surface area contributed by atoms with Gasteiger partial charge in [-0.1, -0.05) is 54.6 Å². The molecule has 5 rings (SSSR count). The molecule has 3 nitrogen and oxygen atoms in total. The highest BCUT2D eigenvalue weighted by Gasteiger charge is 2.27. The topological polar surface area (TPSA) is 19.4 Å². The van der Waals surface area contributed by atoms with E-state index in [1.54, 1.807) is 11.3 Å². The zero-order valence-corrected chi connectivity index (χ0v) is 19.0. The Labute approximate surface area is 196 Å². The molecule has 0 atom stereocenters. The van der Waals surface area contributed by atoms with Crippen molar-refractivity contribution in [1.82, 2.24) is 14.8 Å². The lowest BCUT2D eigenvalue weighted by molar-refractivity contribution is 0.104. The number of benzene rings is 3. The van der Waals surface area contributed by atoms with Crippen molar-refractivity contribution in [2.24, 2.45) is 0 Å². The number of hydrogen-bond donors (Lipinski definition) is 0. The maximum absolute atomic E-state index is 13.5. The highest BCUT2D eigenvalue weighted by Crippen LogP contribution is 2.30. The van der Waals surface area contributed by atoms with Crippen LogP contribution in [-0.4, -0.2) is 41.0 Å². The fraction of sp³-hybridized carbons (Fsp3) is 0.222. The van der Waals surface area contributed by atoms with E-state index in [9.17, 15) is 8.78 Å². The van der Waals surface area contributed by atoms with Crippen LogP contribution < -0.4 is 0 Å². The lowest BCUT2D eigenvalue weighted by Crippen LogP contribution is -2.47. The van der Waals surface area contributed by atoms with Crippen molar-refractivity contribution in [2.75, 3.05) is 26.2 Å². The van der Waals surface area contributed by atoms with E-state index in [-0.39, 0.29) is 17.7 Å². The number of rotatable bonds is 6. The Kier molecular flexibility index (Phi) is 6.58. The summed E-state index contributed by atoms with van der Waals surface area (Å²) in [6.07, 6.45) is 0. The molecule has 1 fully saturated rings. The monoisotopic (exact) mass is 461 g/mol. The van der Waals surface area contributed by atoms with Crippen LogP contribution in [0.5, 0.6) is 0 Å². The fourth-order valence-electron chi connectivity index (χ4n) is 4.41. The third-order valence-corrected chi connectivity index (χ3v) is 7.04. The summed E-state index contributed by atoms with van der Waals surface area (Å²) in [6, 6.07) is 23.5. The van der Waals surface area contributed by atoms with Gasteiger partial charge in [-0.2, -0.15) is 0 Å². The second-order valence-corrected chi connectivity index (χ2v) is 9.19. The van der Waals surface area contributed by atoms with Crippen molar-refractivity contribution in [3.63, 3.8) is 0 Å². The van der Waals surface area contributed by atoms with Gasteiger partial charge in [0.05, 0.1) is 11.7 Å². The Balaban J connectivity index is 1.27. The molecule has 1 aliphatic rings. The number of hydrogen-bond acceptors (Lipinski definition) is 4. The van der Waals surface area contributed by atoms with Crippen LogP contribution in [0.2, 0.25) is 0 Å². The molecule has 0 saturated carbocycles. The minimum atomic E-state index is -0.250. The third kappa shape index (κ3) is 5.19. The SMILES string of the molecule is Fc1ccc(C(c2ccc(F)cc2)N2CCN(Cc3csc(-c4ccccc4)n3)CC2)cc1. The first-order valence-electron chi connectivity index (χ1n) is 11.1. The lowest BCUT2D eigenvalue weighted by atomic mass is 9.96. The van der Waals surface area contributed by atoms with E-state index in [2.05, 4.69) is 27.3 Å². The van der Waals surface area contributed by atoms with Crippen LogP contribution in [-0.2, 0) is 6.54 Å². The predicted molar refractivity (Wildman–Crippen MR) is 129 cm³/mol. The third-order valence-electron chi connectivity index (χ3n) is 6.10. The molecule has 0 N–H and O–H groups in total. The molecule has 1 aromatic heterocycles. The number of aromatic nitrogens is 1. The summed E-state index contributed by atoms with van der Waals surface area (Å²) in [5.74, 6) is -0.501. The summed E-state index contributed by atoms with van der Waals surface area (Å²) in [4.78, 5) is 9.65. The summed E-state index contributed by atoms with van der Waals surface area (Å²) in [5, 5.41) is 3.20. The van der Waals surface area contributed by atoms with Crippen LogP contribution in [0, 0.1) is 11.6 Å². The summed E-state index contributed by atoms with van der Waals surface area (Å²) in [7, 11) is 0. The molecule has 6 heteroatoms. The normalized spacial score (nSPS) is 15.2. The van der Waals surface area contributed by atoms with Crippen LogP contribution in [0.1, 0.15) is 22.9 Å². The average Bonchev–Trinajstić information content (AvgIpc) is 3.32. The summed E-state index contributed by atoms with van der Waals surface area (Å²) >= 11 is 1.68. The maximum Gasteiger partial charge on any atom is 0.123 e. The van der Waals surface area contributed by atoms with Gasteiger partial charge in [-0.25, -0.2) is 13.8 Å². The Hall–Kier alpha value is -2.93. The average molecular weight is 462 g/mol. The van der Waals surface area contributed by atoms with E-state index in [0.29, 0.717) is 0 Å². The van der Waals surface area contributed by atoms with Crippen molar-refractivity contribution in [2.45, 2.75) is 12.6 Å². The van der Waals surface area contributed by atoms with Crippen LogP contribution in [0.4, 0.5) is 8.78 Å². The minimum Gasteiger partial charge on any atom is -0.295 e. The van der Waals surface area contributed by atoms with Gasteiger partial charge in [0, 0.05) is 43.7 Å². The molecule has 33 heavy (non-hydrogen) atoms. The quantitative estimate of drug-likeness (QED) is 0.351. The highest BCUT2D eigenvalue weighted by molar-refractivity contribution is 7.13. The number of nitrogens with zero attached hydrogens (tertiary/aromatic N) is 3. The first-order chi connectivity index (χ1) is 16.2. The molecule has 2 heterocycles. The fourth-order valence-corrected chi connectivity index (χ4v) is 5.22. The van der Waals surface area contributed by atoms with E-state index < -0.39 is 0 Å². The molecule has 0 spiro atoms. The standard InChI is InChI=1S/C27H25F2N3S/c28-23-10-6-20(7-11-23)26(21-8-12-24(29)13-9-21)32-16-14-31(15-17-32)18-25-19-33-27(30-25)22-4-2-1-3-5-22/h1-13,19,26H,14-18H2. The molecule has 0 radical (unpaired) electrons. The molecule has 3 aromatic carbocycles. The molecular weight excluding hydrogens is 436 g/mol. The zero-order valence-electron chi connectivity index (χ0n) is 18.2. The second kappa shape index (κ2) is 9.91. The molecule has 168 valence electrons. The number of halogens is 2. The van der Waals surface area contributed by atoms with E-state index in [4.69, 9.17) is 4.98 Å². The zero-order chi connectivity index (χ0) is 22.6. The van der Waals surface area contributed by atoms with Gasteiger partial charge in [0.25, 0.3) is 0 Å². The van der Waals surface area contributed by atoms with Gasteiger partial charge in [-0.15, -0.1) is 11.3 Å². The van der Waals surface area contributed by atoms with Gasteiger partial charge >= 0.3 is 0 Å². The predicted octanol–water partition coefficient (Wildman–Crippen LogP) is 6.00. The number of thiazole rings is 1. The Bertz CT molecular complexity index is 1120. The maximum atomic E-state index is 13.5. The van der Waals surface area contributed by atoms with Gasteiger partial charge in [-0.3, -0.25) is 9.80 Å². The first kappa shape index (κ1) is 21.9. The molecule has 1 saturated heterocycles. The Morgan fingerprint density at radius 2 is 1.33 bits per heavy atom. The van der Waals surface area contributed by atoms with E-state index in [1.807, 2.05) is 42.5 Å². The van der Waals surface area contributed by atoms with Gasteiger partial charge < -0.3 is 0 Å². The smallest absolute Gasteiger partial charge is 0.123 e. The Morgan fingerprint density at radius 1 is 0.758 bits per heavy atom. The van der Waals surface area contributed by atoms with E-state index in [0.717, 1.165) is 60.1 Å². The van der Waals surface area contributed by atoms with Crippen LogP contribution >= 0.6 is 11.3 Å². The highest BCUT2D eigenvalue weighted by atomic mass is 32.1. The van der Waals surface area contributed by atoms with Crippen molar-refractivity contribution in [3.05, 3.63) is 113 Å². The second-order valence-electron chi connectivity index (χ2n) is 8.33. The summed E-state index contributed by atoms with van der Waals surface area (Å²) in [5.41, 5.74) is 4.29. The molecule has 0 unspecified atom stereocenters. The van der Waals surface area contributed by atoms with Crippen LogP contribution in [0.15, 0.2) is 84.2 Å². The van der Waals surface area contributed by atoms with E-state index >= 15 is 0 Å². The summed E-state index contributed by atoms with van der Waals surface area (Å²) < 4.78 is 27.1. The van der Waals surface area contributed by atoms with Crippen LogP contribution in [0.3, 0.4) is 0 Å². The van der Waals surface area contributed by atoms with Gasteiger partial charge in [0.15, 0.2) is 0 Å². The van der Waals surface area contributed by atoms with Gasteiger partial charge in [0.1, 0.15) is 16.6 Å². The van der Waals surface area contributed by atoms with Gasteiger partial charge in [0.2, 0.25) is 0 Å². The number of piperazine rings is 1. The summed E-state index contributed by atoms with van der Waals surface area (Å²) in [6.45, 7) is 4.40. The van der Waals surface area contributed by atoms with Gasteiger partial charge in [-0.05, 0) is 35.4 Å². The lowest BCUT2D eigenvalue weighted by Gasteiger charge is -2.39. The van der Waals surface area contributed by atoms with Crippen molar-refractivity contribution in [1.29, 1.82) is 0 Å². The first-order valence-corrected chi connectivity index (χ1v) is 12.0. The molecule has 4 aromatic rings. The molecule has 0 aliphatic carbocycles. The minimum absolute atomic E-state index is 0.0303. The molecule has 0 amide bonds. The van der Waals surface area contributed by atoms with Crippen LogP contribution in [0.25, 0.3) is 10.6 Å². The van der Waals surface area contributed by atoms with Crippen molar-refractivity contribution in [3.8, 4) is 10.6 Å². The Morgan fingerprint density at radius 3 is 1.91 bits per heavy atom. The van der Waals surface area contributed by atoms with Crippen molar-refractivity contribution < 1.29 is 8.78 Å². The largest absolute Gasteiger partial charge is 0.295 e. The molecular formula is C27H25F2N3S. The molecule has 1 aliphatic heterocycles.